The van der Waals surface area contributed by atoms with Gasteiger partial charge in [-0.2, -0.15) is 4.98 Å². The van der Waals surface area contributed by atoms with E-state index in [1.807, 2.05) is 31.5 Å². The summed E-state index contributed by atoms with van der Waals surface area (Å²) >= 11 is 1.56. The average molecular weight is 507 g/mol. The molecule has 0 radical (unpaired) electrons. The van der Waals surface area contributed by atoms with E-state index < -0.39 is 0 Å². The smallest absolute Gasteiger partial charge is 0.317 e. The molecule has 0 amide bonds. The molecule has 8 nitrogen and oxygen atoms in total. The second-order valence-corrected chi connectivity index (χ2v) is 11.5. The molecule has 0 atom stereocenters. The number of likely N-dealkylation sites (tertiary alicyclic amines) is 1. The zero-order chi connectivity index (χ0) is 24.4. The predicted octanol–water partition coefficient (Wildman–Crippen LogP) is 5.37. The highest BCUT2D eigenvalue weighted by atomic mass is 32.1. The third-order valence-corrected chi connectivity index (χ3v) is 8.59. The maximum atomic E-state index is 6.18. The third-order valence-electron chi connectivity index (χ3n) is 7.65. The lowest BCUT2D eigenvalue weighted by Crippen LogP contribution is -2.47. The van der Waals surface area contributed by atoms with Crippen molar-refractivity contribution in [2.24, 2.45) is 5.41 Å². The average Bonchev–Trinajstić information content (AvgIpc) is 3.34. The van der Waals surface area contributed by atoms with Gasteiger partial charge < -0.3 is 14.8 Å². The van der Waals surface area contributed by atoms with Gasteiger partial charge in [0.15, 0.2) is 5.13 Å². The van der Waals surface area contributed by atoms with Crippen LogP contribution in [0.4, 0.5) is 10.9 Å². The molecule has 1 spiro atoms. The lowest BCUT2D eigenvalue weighted by atomic mass is 9.62. The molecule has 1 saturated carbocycles. The summed E-state index contributed by atoms with van der Waals surface area (Å²) in [6.07, 6.45) is 12.4. The molecule has 1 aliphatic carbocycles. The summed E-state index contributed by atoms with van der Waals surface area (Å²) in [7, 11) is 0. The van der Waals surface area contributed by atoms with Crippen LogP contribution in [0.3, 0.4) is 0 Å². The van der Waals surface area contributed by atoms with Gasteiger partial charge in [0.1, 0.15) is 11.9 Å². The normalized spacial score (nSPS) is 20.2. The van der Waals surface area contributed by atoms with Crippen LogP contribution in [0.5, 0.6) is 6.01 Å². The van der Waals surface area contributed by atoms with E-state index in [2.05, 4.69) is 31.2 Å². The Balaban J connectivity index is 1.07. The van der Waals surface area contributed by atoms with Gasteiger partial charge in [-0.3, -0.25) is 4.90 Å². The number of nitrogens with zero attached hydrogens (tertiary/aromatic N) is 5. The fraction of sp³-hybridized carbons (Fsp3) is 0.556. The van der Waals surface area contributed by atoms with Crippen LogP contribution in [0.15, 0.2) is 30.6 Å². The van der Waals surface area contributed by atoms with E-state index in [-0.39, 0.29) is 6.10 Å². The van der Waals surface area contributed by atoms with Crippen molar-refractivity contribution in [1.29, 1.82) is 0 Å². The van der Waals surface area contributed by atoms with Crippen LogP contribution in [0.1, 0.15) is 56.2 Å². The third kappa shape index (κ3) is 5.53. The van der Waals surface area contributed by atoms with Crippen molar-refractivity contribution in [3.05, 3.63) is 41.9 Å². The first-order valence-electron chi connectivity index (χ1n) is 13.1. The molecule has 3 fully saturated rings. The number of hydrogen-bond acceptors (Lipinski definition) is 9. The molecular formula is C27H34N6O2S. The molecule has 5 heterocycles. The van der Waals surface area contributed by atoms with Crippen molar-refractivity contribution in [2.45, 2.75) is 64.5 Å². The molecule has 9 heteroatoms. The van der Waals surface area contributed by atoms with E-state index in [1.165, 1.54) is 37.9 Å². The molecule has 3 aromatic rings. The van der Waals surface area contributed by atoms with Gasteiger partial charge in [-0.15, -0.1) is 0 Å². The molecule has 3 aromatic heterocycles. The van der Waals surface area contributed by atoms with Crippen molar-refractivity contribution in [2.75, 3.05) is 31.6 Å². The number of ether oxygens (including phenoxy) is 2. The summed E-state index contributed by atoms with van der Waals surface area (Å²) in [4.78, 5) is 21.9. The second-order valence-electron chi connectivity index (χ2n) is 10.5. The molecule has 190 valence electrons. The topological polar surface area (TPSA) is 85.3 Å². The van der Waals surface area contributed by atoms with Crippen LogP contribution in [0.25, 0.3) is 10.6 Å². The maximum absolute atomic E-state index is 6.18. The van der Waals surface area contributed by atoms with Crippen LogP contribution in [0, 0.1) is 12.3 Å². The number of aromatic nitrogens is 4. The minimum atomic E-state index is 0.195. The first-order chi connectivity index (χ1) is 17.6. The lowest BCUT2D eigenvalue weighted by molar-refractivity contribution is -0.0880. The van der Waals surface area contributed by atoms with Gasteiger partial charge in [0.2, 0.25) is 0 Å². The fourth-order valence-electron chi connectivity index (χ4n) is 5.60. The van der Waals surface area contributed by atoms with Gasteiger partial charge in [-0.25, -0.2) is 15.0 Å². The Morgan fingerprint density at radius 2 is 1.92 bits per heavy atom. The highest BCUT2D eigenvalue weighted by Crippen LogP contribution is 2.49. The molecule has 2 saturated heterocycles. The van der Waals surface area contributed by atoms with Gasteiger partial charge in [0.05, 0.1) is 10.6 Å². The van der Waals surface area contributed by atoms with Gasteiger partial charge >= 0.3 is 6.01 Å². The Morgan fingerprint density at radius 3 is 2.69 bits per heavy atom. The number of pyridine rings is 1. The fourth-order valence-corrected chi connectivity index (χ4v) is 6.38. The highest BCUT2D eigenvalue weighted by Gasteiger charge is 2.46. The number of nitrogens with one attached hydrogen (secondary N) is 1. The molecule has 6 rings (SSSR count). The Kier molecular flexibility index (Phi) is 6.86. The first-order valence-corrected chi connectivity index (χ1v) is 13.9. The van der Waals surface area contributed by atoms with Gasteiger partial charge in [0.25, 0.3) is 0 Å². The van der Waals surface area contributed by atoms with E-state index in [0.717, 1.165) is 72.7 Å². The van der Waals surface area contributed by atoms with Gasteiger partial charge in [0, 0.05) is 37.8 Å². The molecule has 1 N–H and O–H groups in total. The standard InChI is InChI=1S/C27H34N6O2S/c1-19-13-22(31-25(30-19)35-21-14-27(15-21)7-11-34-12-8-27)23-17-29-26(36-23)32-24-6-5-20(16-28-24)18-33-9-3-2-4-10-33/h5-6,13,16-17,21H,2-4,7-12,14-15,18H2,1H3,(H,28,29,32). The number of anilines is 2. The molecule has 0 unspecified atom stereocenters. The zero-order valence-corrected chi connectivity index (χ0v) is 21.7. The van der Waals surface area contributed by atoms with Crippen LogP contribution in [-0.4, -0.2) is 57.2 Å². The van der Waals surface area contributed by atoms with E-state index >= 15 is 0 Å². The molecule has 0 aromatic carbocycles. The van der Waals surface area contributed by atoms with E-state index in [4.69, 9.17) is 14.5 Å². The largest absolute Gasteiger partial charge is 0.460 e. The van der Waals surface area contributed by atoms with Gasteiger partial charge in [-0.1, -0.05) is 23.8 Å². The number of thiazole rings is 1. The summed E-state index contributed by atoms with van der Waals surface area (Å²) in [5.74, 6) is 0.799. The van der Waals surface area contributed by atoms with E-state index in [1.54, 1.807) is 11.3 Å². The summed E-state index contributed by atoms with van der Waals surface area (Å²) in [5, 5.41) is 4.13. The summed E-state index contributed by atoms with van der Waals surface area (Å²) in [5.41, 5.74) is 3.39. The van der Waals surface area contributed by atoms with Crippen molar-refractivity contribution >= 4 is 22.3 Å². The molecule has 36 heavy (non-hydrogen) atoms. The Hall–Kier alpha value is -2.62. The summed E-state index contributed by atoms with van der Waals surface area (Å²) in [6.45, 7) is 7.08. The zero-order valence-electron chi connectivity index (χ0n) is 20.9. The lowest BCUT2D eigenvalue weighted by Gasteiger charge is -2.49. The van der Waals surface area contributed by atoms with Crippen molar-refractivity contribution in [3.8, 4) is 16.6 Å². The number of aryl methyl sites for hydroxylation is 1. The Bertz CT molecular complexity index is 1160. The second kappa shape index (κ2) is 10.4. The van der Waals surface area contributed by atoms with Crippen LogP contribution < -0.4 is 10.1 Å². The minimum absolute atomic E-state index is 0.195. The SMILES string of the molecule is Cc1cc(-c2cnc(Nc3ccc(CN4CCCCC4)cn3)s2)nc(OC2CC3(CCOCC3)C2)n1. The molecule has 0 bridgehead atoms. The highest BCUT2D eigenvalue weighted by molar-refractivity contribution is 7.18. The number of hydrogen-bond donors (Lipinski definition) is 1. The minimum Gasteiger partial charge on any atom is -0.460 e. The van der Waals surface area contributed by atoms with Crippen LogP contribution in [-0.2, 0) is 11.3 Å². The molecule has 2 aliphatic heterocycles. The number of rotatable bonds is 7. The van der Waals surface area contributed by atoms with Crippen LogP contribution >= 0.6 is 11.3 Å². The van der Waals surface area contributed by atoms with E-state index in [0.29, 0.717) is 11.4 Å². The maximum Gasteiger partial charge on any atom is 0.317 e. The molecule has 3 aliphatic rings. The van der Waals surface area contributed by atoms with Crippen molar-refractivity contribution in [1.82, 2.24) is 24.8 Å². The summed E-state index contributed by atoms with van der Waals surface area (Å²) < 4.78 is 11.7. The Morgan fingerprint density at radius 1 is 1.08 bits per heavy atom. The first kappa shape index (κ1) is 23.8. The van der Waals surface area contributed by atoms with Gasteiger partial charge in [-0.05, 0) is 81.6 Å². The van der Waals surface area contributed by atoms with Crippen molar-refractivity contribution < 1.29 is 9.47 Å². The summed E-state index contributed by atoms with van der Waals surface area (Å²) in [6, 6.07) is 6.63. The predicted molar refractivity (Wildman–Crippen MR) is 141 cm³/mol. The quantitative estimate of drug-likeness (QED) is 0.458. The van der Waals surface area contributed by atoms with Crippen molar-refractivity contribution in [3.63, 3.8) is 0 Å². The monoisotopic (exact) mass is 506 g/mol. The number of piperidine rings is 1. The van der Waals surface area contributed by atoms with E-state index in [9.17, 15) is 0 Å². The Labute approximate surface area is 216 Å². The van der Waals surface area contributed by atoms with Crippen LogP contribution in [0.2, 0.25) is 0 Å². The molecular weight excluding hydrogens is 472 g/mol.